The Hall–Kier alpha value is -2.92. The fraction of sp³-hybridized carbons (Fsp3) is 0.417. The van der Waals surface area contributed by atoms with Gasteiger partial charge in [0.15, 0.2) is 5.60 Å². The number of benzene rings is 2. The number of alkyl halides is 3. The summed E-state index contributed by atoms with van der Waals surface area (Å²) in [7, 11) is 0. The van der Waals surface area contributed by atoms with Crippen LogP contribution in [0.5, 0.6) is 0 Å². The number of fused-ring (bicyclic) bond motifs is 3. The first kappa shape index (κ1) is 22.3. The molecule has 0 heterocycles. The van der Waals surface area contributed by atoms with Crippen LogP contribution in [-0.2, 0) is 11.8 Å². The first-order valence-electron chi connectivity index (χ1n) is 10.5. The van der Waals surface area contributed by atoms with Crippen molar-refractivity contribution in [1.82, 2.24) is 0 Å². The summed E-state index contributed by atoms with van der Waals surface area (Å²) < 4.78 is 53.8. The van der Waals surface area contributed by atoms with E-state index in [4.69, 9.17) is 5.41 Å². The van der Waals surface area contributed by atoms with Crippen LogP contribution in [0.4, 0.5) is 28.9 Å². The molecular formula is C24H23F4N3O. The van der Waals surface area contributed by atoms with E-state index < -0.39 is 36.0 Å². The minimum Gasteiger partial charge on any atom is -0.380 e. The maximum atomic E-state index is 13.5. The maximum Gasteiger partial charge on any atom is 0.417 e. The van der Waals surface area contributed by atoms with Crippen LogP contribution >= 0.6 is 0 Å². The quantitative estimate of drug-likeness (QED) is 0.415. The fourth-order valence-electron chi connectivity index (χ4n) is 5.20. The molecule has 3 N–H and O–H groups in total. The van der Waals surface area contributed by atoms with E-state index in [-0.39, 0.29) is 12.2 Å². The topological polar surface area (TPSA) is 79.9 Å². The van der Waals surface area contributed by atoms with E-state index in [0.29, 0.717) is 41.8 Å². The lowest BCUT2D eigenvalue weighted by atomic mass is 9.58. The first-order valence-corrected chi connectivity index (χ1v) is 10.5. The van der Waals surface area contributed by atoms with E-state index in [1.54, 1.807) is 18.2 Å². The molecule has 2 aromatic carbocycles. The summed E-state index contributed by atoms with van der Waals surface area (Å²) in [4.78, 5) is 0. The van der Waals surface area contributed by atoms with Crippen LogP contribution in [-0.4, -0.2) is 23.1 Å². The lowest BCUT2D eigenvalue weighted by Gasteiger charge is -2.46. The van der Waals surface area contributed by atoms with Gasteiger partial charge in [0.05, 0.1) is 11.5 Å². The highest BCUT2D eigenvalue weighted by atomic mass is 19.4. The number of hydrogen-bond acceptors (Lipinski definition) is 4. The van der Waals surface area contributed by atoms with Crippen LogP contribution in [0.15, 0.2) is 36.4 Å². The first-order chi connectivity index (χ1) is 15.1. The Morgan fingerprint density at radius 1 is 1.19 bits per heavy atom. The number of anilines is 2. The number of hydrogen-bond donors (Lipinski definition) is 3. The van der Waals surface area contributed by atoms with E-state index in [9.17, 15) is 27.9 Å². The second kappa shape index (κ2) is 7.89. The second-order valence-electron chi connectivity index (χ2n) is 8.78. The van der Waals surface area contributed by atoms with E-state index in [1.165, 1.54) is 12.1 Å². The Balaban J connectivity index is 1.76. The summed E-state index contributed by atoms with van der Waals surface area (Å²) >= 11 is 0. The molecule has 1 saturated carbocycles. The number of aliphatic hydroxyl groups is 1. The van der Waals surface area contributed by atoms with Crippen LogP contribution in [0, 0.1) is 28.5 Å². The molecule has 4 nitrogen and oxygen atoms in total. The highest BCUT2D eigenvalue weighted by Gasteiger charge is 2.61. The van der Waals surface area contributed by atoms with Crippen molar-refractivity contribution in [3.8, 4) is 6.07 Å². The van der Waals surface area contributed by atoms with Gasteiger partial charge in [-0.15, -0.1) is 0 Å². The van der Waals surface area contributed by atoms with Crippen molar-refractivity contribution in [2.24, 2.45) is 5.92 Å². The molecule has 1 unspecified atom stereocenters. The van der Waals surface area contributed by atoms with Gasteiger partial charge in [-0.2, -0.15) is 18.4 Å². The average Bonchev–Trinajstić information content (AvgIpc) is 2.90. The number of nitrogens with one attached hydrogen (secondary N) is 2. The van der Waals surface area contributed by atoms with Crippen LogP contribution in [0.25, 0.3) is 0 Å². The van der Waals surface area contributed by atoms with E-state index in [0.717, 1.165) is 11.8 Å². The van der Waals surface area contributed by atoms with Crippen molar-refractivity contribution < 1.29 is 22.7 Å². The maximum absolute atomic E-state index is 13.5. The molecule has 0 aliphatic heterocycles. The van der Waals surface area contributed by atoms with Crippen LogP contribution in [0.2, 0.25) is 0 Å². The zero-order valence-electron chi connectivity index (χ0n) is 17.3. The van der Waals surface area contributed by atoms with Gasteiger partial charge < -0.3 is 15.8 Å². The molecule has 4 rings (SSSR count). The third-order valence-corrected chi connectivity index (χ3v) is 6.97. The highest BCUT2D eigenvalue weighted by Crippen LogP contribution is 2.55. The summed E-state index contributed by atoms with van der Waals surface area (Å²) in [6.45, 7) is 0. The number of nitriles is 1. The van der Waals surface area contributed by atoms with Gasteiger partial charge in [0.2, 0.25) is 0 Å². The molecule has 8 heteroatoms. The molecule has 0 amide bonds. The van der Waals surface area contributed by atoms with Crippen molar-refractivity contribution in [3.63, 3.8) is 0 Å². The molecule has 0 saturated heterocycles. The molecule has 0 radical (unpaired) electrons. The van der Waals surface area contributed by atoms with Gasteiger partial charge >= 0.3 is 6.18 Å². The second-order valence-corrected chi connectivity index (χ2v) is 8.78. The number of nitrogens with zero attached hydrogens (tertiary/aromatic N) is 1. The Morgan fingerprint density at radius 2 is 1.91 bits per heavy atom. The molecule has 2 aliphatic carbocycles. The van der Waals surface area contributed by atoms with Crippen molar-refractivity contribution in [1.29, 1.82) is 10.7 Å². The Bertz CT molecular complexity index is 1080. The predicted molar refractivity (Wildman–Crippen MR) is 113 cm³/mol. The molecule has 0 bridgehead atoms. The number of rotatable bonds is 3. The molecule has 3 atom stereocenters. The summed E-state index contributed by atoms with van der Waals surface area (Å²) in [6.07, 6.45) is -3.17. The Kier molecular flexibility index (Phi) is 5.49. The molecule has 1 fully saturated rings. The predicted octanol–water partition coefficient (Wildman–Crippen LogP) is 5.76. The van der Waals surface area contributed by atoms with E-state index >= 15 is 0 Å². The lowest BCUT2D eigenvalue weighted by molar-refractivity contribution is -0.277. The molecule has 32 heavy (non-hydrogen) atoms. The van der Waals surface area contributed by atoms with Crippen molar-refractivity contribution in [3.05, 3.63) is 58.9 Å². The van der Waals surface area contributed by atoms with Gasteiger partial charge in [0.25, 0.3) is 0 Å². The van der Waals surface area contributed by atoms with Gasteiger partial charge in [-0.25, -0.2) is 4.39 Å². The molecule has 2 aliphatic rings. The van der Waals surface area contributed by atoms with E-state index in [2.05, 4.69) is 11.4 Å². The zero-order chi connectivity index (χ0) is 23.1. The van der Waals surface area contributed by atoms with Crippen LogP contribution < -0.4 is 5.32 Å². The summed E-state index contributed by atoms with van der Waals surface area (Å²) in [5, 5.41) is 31.5. The smallest absolute Gasteiger partial charge is 0.380 e. The van der Waals surface area contributed by atoms with Gasteiger partial charge in [0, 0.05) is 23.2 Å². The fourth-order valence-corrected chi connectivity index (χ4v) is 5.20. The third-order valence-electron chi connectivity index (χ3n) is 6.97. The molecule has 168 valence electrons. The minimum absolute atomic E-state index is 0.0979. The van der Waals surface area contributed by atoms with Gasteiger partial charge in [-0.1, -0.05) is 0 Å². The van der Waals surface area contributed by atoms with Crippen LogP contribution in [0.3, 0.4) is 0 Å². The standard InChI is InChI=1S/C24H23F4N3O/c25-18-4-6-19(7-5-18)31-21-11-15-2-1-3-17-12-23(32,24(26,27)28)9-8-22(17,14-30)20(15)10-16(21)13-29/h4-7,10-11,13,17,29,31-32H,1-3,8-9,12H2/t17-,22?,23-/m1/s1. The molecule has 2 aromatic rings. The largest absolute Gasteiger partial charge is 0.417 e. The Morgan fingerprint density at radius 3 is 2.53 bits per heavy atom. The zero-order valence-corrected chi connectivity index (χ0v) is 17.3. The Labute approximate surface area is 183 Å². The monoisotopic (exact) mass is 445 g/mol. The van der Waals surface area contributed by atoms with Gasteiger partial charge in [-0.3, -0.25) is 0 Å². The van der Waals surface area contributed by atoms with E-state index in [1.807, 2.05) is 6.07 Å². The molecular weight excluding hydrogens is 422 g/mol. The lowest BCUT2D eigenvalue weighted by Crippen LogP contribution is -2.54. The minimum atomic E-state index is -4.74. The summed E-state index contributed by atoms with van der Waals surface area (Å²) in [6, 6.07) is 11.6. The summed E-state index contributed by atoms with van der Waals surface area (Å²) in [5.74, 6) is -1.01. The normalized spacial score (nSPS) is 27.4. The van der Waals surface area contributed by atoms with Gasteiger partial charge in [-0.05, 0) is 92.0 Å². The van der Waals surface area contributed by atoms with Gasteiger partial charge in [0.1, 0.15) is 5.82 Å². The highest BCUT2D eigenvalue weighted by molar-refractivity contribution is 5.88. The average molecular weight is 445 g/mol. The van der Waals surface area contributed by atoms with Crippen molar-refractivity contribution in [2.75, 3.05) is 5.32 Å². The molecule has 0 aromatic heterocycles. The SMILES string of the molecule is N#CC12CC[C@](O)(C(F)(F)F)C[C@H]1CCCc1cc(Nc3ccc(F)cc3)c(C=N)cc12. The number of aryl methyl sites for hydroxylation is 1. The summed E-state index contributed by atoms with van der Waals surface area (Å²) in [5.41, 5.74) is -0.702. The number of halogens is 4. The van der Waals surface area contributed by atoms with Crippen LogP contribution in [0.1, 0.15) is 48.8 Å². The van der Waals surface area contributed by atoms with Crippen molar-refractivity contribution >= 4 is 17.6 Å². The van der Waals surface area contributed by atoms with Crippen molar-refractivity contribution in [2.45, 2.75) is 55.7 Å². The third kappa shape index (κ3) is 3.65. The molecule has 0 spiro atoms.